The molecule has 0 bridgehead atoms. The van der Waals surface area contributed by atoms with E-state index in [2.05, 4.69) is 12.2 Å². The van der Waals surface area contributed by atoms with Crippen LogP contribution in [0.4, 0.5) is 0 Å². The number of hydrogen-bond acceptors (Lipinski definition) is 4. The fourth-order valence-corrected chi connectivity index (χ4v) is 4.73. The summed E-state index contributed by atoms with van der Waals surface area (Å²) in [5.41, 5.74) is 0. The Kier molecular flexibility index (Phi) is 4.12. The molecule has 1 saturated carbocycles. The average Bonchev–Trinajstić information content (AvgIpc) is 2.88. The van der Waals surface area contributed by atoms with Gasteiger partial charge in [-0.15, -0.1) is 0 Å². The van der Waals surface area contributed by atoms with Gasteiger partial charge in [-0.05, 0) is 42.9 Å². The minimum atomic E-state index is -2.89. The number of carbonyl (C=O) groups is 1. The number of carbonyl (C=O) groups excluding carboxylic acids is 1. The molecule has 1 N–H and O–H groups in total. The zero-order valence-corrected chi connectivity index (χ0v) is 13.4. The fourth-order valence-electron chi connectivity index (χ4n) is 2.87. The Morgan fingerprint density at radius 3 is 2.86 bits per heavy atom. The van der Waals surface area contributed by atoms with Crippen LogP contribution in [-0.4, -0.2) is 32.4 Å². The van der Waals surface area contributed by atoms with Crippen molar-refractivity contribution in [2.75, 3.05) is 18.1 Å². The largest absolute Gasteiger partial charge is 0.461 e. The Morgan fingerprint density at radius 2 is 2.23 bits per heavy atom. The minimum absolute atomic E-state index is 0.0360. The highest BCUT2D eigenvalue weighted by Gasteiger charge is 2.36. The van der Waals surface area contributed by atoms with Crippen LogP contribution in [0.2, 0.25) is 0 Å². The molecule has 120 valence electrons. The summed E-state index contributed by atoms with van der Waals surface area (Å²) < 4.78 is 28.4. The van der Waals surface area contributed by atoms with Gasteiger partial charge in [0, 0.05) is 18.5 Å². The van der Waals surface area contributed by atoms with Gasteiger partial charge in [0.15, 0.2) is 9.84 Å². The van der Waals surface area contributed by atoms with Gasteiger partial charge in [-0.1, -0.05) is 6.92 Å². The van der Waals surface area contributed by atoms with E-state index in [4.69, 9.17) is 4.42 Å². The molecule has 5 nitrogen and oxygen atoms in total. The van der Waals surface area contributed by atoms with E-state index in [1.165, 1.54) is 12.5 Å². The summed E-state index contributed by atoms with van der Waals surface area (Å²) in [6, 6.07) is 3.84. The first-order chi connectivity index (χ1) is 10.4. The number of furan rings is 1. The molecule has 6 heteroatoms. The Labute approximate surface area is 130 Å². The molecule has 22 heavy (non-hydrogen) atoms. The van der Waals surface area contributed by atoms with Crippen LogP contribution in [0.5, 0.6) is 0 Å². The van der Waals surface area contributed by atoms with Crippen LogP contribution in [0.3, 0.4) is 0 Å². The van der Waals surface area contributed by atoms with Crippen molar-refractivity contribution >= 4 is 21.8 Å². The summed E-state index contributed by atoms with van der Waals surface area (Å²) in [7, 11) is -2.89. The lowest BCUT2D eigenvalue weighted by atomic mass is 10.1. The third-order valence-corrected chi connectivity index (χ3v) is 6.25. The number of rotatable bonds is 5. The molecule has 2 heterocycles. The average molecular weight is 323 g/mol. The summed E-state index contributed by atoms with van der Waals surface area (Å²) in [6.45, 7) is 2.60. The topological polar surface area (TPSA) is 76.4 Å². The van der Waals surface area contributed by atoms with Gasteiger partial charge in [0.1, 0.15) is 11.5 Å². The Morgan fingerprint density at radius 1 is 1.45 bits per heavy atom. The van der Waals surface area contributed by atoms with Gasteiger partial charge >= 0.3 is 0 Å². The lowest BCUT2D eigenvalue weighted by molar-refractivity contribution is -0.116. The molecule has 1 aromatic heterocycles. The smallest absolute Gasteiger partial charge is 0.244 e. The second kappa shape index (κ2) is 5.91. The maximum atomic E-state index is 11.8. The van der Waals surface area contributed by atoms with Gasteiger partial charge in [-0.3, -0.25) is 4.79 Å². The summed E-state index contributed by atoms with van der Waals surface area (Å²) in [4.78, 5) is 11.8. The van der Waals surface area contributed by atoms with E-state index in [9.17, 15) is 13.2 Å². The quantitative estimate of drug-likeness (QED) is 0.841. The number of sulfone groups is 1. The molecule has 0 spiro atoms. The minimum Gasteiger partial charge on any atom is -0.461 e. The normalized spacial score (nSPS) is 29.8. The molecular formula is C16H21NO4S. The van der Waals surface area contributed by atoms with Gasteiger partial charge < -0.3 is 9.73 Å². The monoisotopic (exact) mass is 323 g/mol. The highest BCUT2D eigenvalue weighted by Crippen LogP contribution is 2.47. The van der Waals surface area contributed by atoms with Gasteiger partial charge in [0.2, 0.25) is 5.91 Å². The van der Waals surface area contributed by atoms with E-state index in [1.807, 2.05) is 12.1 Å². The van der Waals surface area contributed by atoms with Crippen LogP contribution in [0.25, 0.3) is 6.08 Å². The van der Waals surface area contributed by atoms with Gasteiger partial charge in [-0.25, -0.2) is 8.42 Å². The number of amides is 1. The SMILES string of the molecule is C[C@@H]1C[C@@H]1c1ccc(/C=C/C(=O)NC[C@H]2CCS(=O)(=O)C2)o1. The van der Waals surface area contributed by atoms with Crippen molar-refractivity contribution < 1.29 is 17.6 Å². The van der Waals surface area contributed by atoms with E-state index < -0.39 is 9.84 Å². The van der Waals surface area contributed by atoms with E-state index in [1.54, 1.807) is 6.08 Å². The summed E-state index contributed by atoms with van der Waals surface area (Å²) in [5, 5.41) is 2.75. The van der Waals surface area contributed by atoms with E-state index in [-0.39, 0.29) is 23.3 Å². The van der Waals surface area contributed by atoms with Crippen molar-refractivity contribution in [3.8, 4) is 0 Å². The molecule has 1 aliphatic carbocycles. The first kappa shape index (κ1) is 15.3. The highest BCUT2D eigenvalue weighted by molar-refractivity contribution is 7.91. The van der Waals surface area contributed by atoms with Crippen LogP contribution in [0, 0.1) is 11.8 Å². The zero-order chi connectivity index (χ0) is 15.7. The van der Waals surface area contributed by atoms with Crippen molar-refractivity contribution in [1.29, 1.82) is 0 Å². The summed E-state index contributed by atoms with van der Waals surface area (Å²) in [5.74, 6) is 3.11. The molecule has 3 atom stereocenters. The fraction of sp³-hybridized carbons (Fsp3) is 0.562. The third kappa shape index (κ3) is 3.80. The first-order valence-corrected chi connectivity index (χ1v) is 9.51. The van der Waals surface area contributed by atoms with Crippen molar-refractivity contribution in [3.63, 3.8) is 0 Å². The van der Waals surface area contributed by atoms with Gasteiger partial charge in [-0.2, -0.15) is 0 Å². The van der Waals surface area contributed by atoms with Gasteiger partial charge in [0.25, 0.3) is 0 Å². The molecule has 1 aliphatic heterocycles. The lowest BCUT2D eigenvalue weighted by Crippen LogP contribution is -2.28. The highest BCUT2D eigenvalue weighted by atomic mass is 32.2. The zero-order valence-electron chi connectivity index (χ0n) is 12.6. The first-order valence-electron chi connectivity index (χ1n) is 7.69. The van der Waals surface area contributed by atoms with E-state index in [0.717, 1.165) is 5.76 Å². The van der Waals surface area contributed by atoms with Crippen LogP contribution < -0.4 is 5.32 Å². The van der Waals surface area contributed by atoms with Crippen molar-refractivity contribution in [1.82, 2.24) is 5.32 Å². The summed E-state index contributed by atoms with van der Waals surface area (Å²) in [6.07, 6.45) is 4.88. The predicted molar refractivity (Wildman–Crippen MR) is 84.0 cm³/mol. The van der Waals surface area contributed by atoms with Crippen molar-refractivity contribution in [3.05, 3.63) is 29.7 Å². The van der Waals surface area contributed by atoms with Crippen LogP contribution in [0.1, 0.15) is 37.2 Å². The summed E-state index contributed by atoms with van der Waals surface area (Å²) >= 11 is 0. The molecule has 0 aromatic carbocycles. The standard InChI is InChI=1S/C16H21NO4S/c1-11-8-14(11)15-4-2-13(21-15)3-5-16(18)17-9-12-6-7-22(19,20)10-12/h2-5,11-12,14H,6-10H2,1H3,(H,17,18)/b5-3+/t11-,12-,14+/m1/s1. The lowest BCUT2D eigenvalue weighted by Gasteiger charge is -2.07. The van der Waals surface area contributed by atoms with Crippen LogP contribution >= 0.6 is 0 Å². The molecule has 1 saturated heterocycles. The maximum absolute atomic E-state index is 11.8. The Hall–Kier alpha value is -1.56. The Bertz CT molecular complexity index is 689. The molecule has 3 rings (SSSR count). The van der Waals surface area contributed by atoms with Crippen LogP contribution in [-0.2, 0) is 14.6 Å². The number of nitrogens with one attached hydrogen (secondary N) is 1. The molecular weight excluding hydrogens is 302 g/mol. The second-order valence-corrected chi connectivity index (χ2v) is 8.64. The molecule has 1 amide bonds. The molecule has 1 aromatic rings. The van der Waals surface area contributed by atoms with Crippen LogP contribution in [0.15, 0.2) is 22.6 Å². The van der Waals surface area contributed by atoms with E-state index in [0.29, 0.717) is 30.6 Å². The maximum Gasteiger partial charge on any atom is 0.244 e. The molecule has 2 fully saturated rings. The predicted octanol–water partition coefficient (Wildman–Crippen LogP) is 1.97. The Balaban J connectivity index is 1.46. The van der Waals surface area contributed by atoms with E-state index >= 15 is 0 Å². The van der Waals surface area contributed by atoms with Crippen molar-refractivity contribution in [2.45, 2.75) is 25.7 Å². The molecule has 2 aliphatic rings. The third-order valence-electron chi connectivity index (χ3n) is 4.41. The molecule has 0 unspecified atom stereocenters. The van der Waals surface area contributed by atoms with Crippen molar-refractivity contribution in [2.24, 2.45) is 11.8 Å². The molecule has 0 radical (unpaired) electrons. The number of hydrogen-bond donors (Lipinski definition) is 1. The van der Waals surface area contributed by atoms with Gasteiger partial charge in [0.05, 0.1) is 11.5 Å². The second-order valence-electron chi connectivity index (χ2n) is 6.41.